The van der Waals surface area contributed by atoms with Gasteiger partial charge < -0.3 is 9.30 Å². The summed E-state index contributed by atoms with van der Waals surface area (Å²) in [5.41, 5.74) is 14.7. The third kappa shape index (κ3) is 5.13. The number of ether oxygens (including phenoxy) is 1. The lowest BCUT2D eigenvalue weighted by Gasteiger charge is -2.40. The molecule has 2 aliphatic rings. The molecule has 0 amide bonds. The van der Waals surface area contributed by atoms with Gasteiger partial charge in [0.05, 0.1) is 27.8 Å². The first kappa shape index (κ1) is 35.9. The first-order valence-corrected chi connectivity index (χ1v) is 22.2. The van der Waals surface area contributed by atoms with Crippen LogP contribution in [0.15, 0.2) is 224 Å². The third-order valence-electron chi connectivity index (χ3n) is 13.9. The van der Waals surface area contributed by atoms with E-state index in [4.69, 9.17) is 14.7 Å². The van der Waals surface area contributed by atoms with Gasteiger partial charge in [-0.2, -0.15) is 0 Å². The van der Waals surface area contributed by atoms with Crippen LogP contribution in [0.3, 0.4) is 0 Å². The second kappa shape index (κ2) is 13.7. The van der Waals surface area contributed by atoms with E-state index >= 15 is 0 Å². The molecular weight excluding hydrogens is 791 g/mol. The van der Waals surface area contributed by atoms with Gasteiger partial charge in [-0.1, -0.05) is 188 Å². The molecule has 0 bridgehead atoms. The van der Waals surface area contributed by atoms with Crippen LogP contribution in [0.1, 0.15) is 22.3 Å². The Bertz CT molecular complexity index is 3780. The summed E-state index contributed by atoms with van der Waals surface area (Å²) in [6.45, 7) is 0. The number of rotatable bonds is 4. The second-order valence-corrected chi connectivity index (χ2v) is 17.2. The van der Waals surface area contributed by atoms with Gasteiger partial charge >= 0.3 is 0 Å². The fourth-order valence-electron chi connectivity index (χ4n) is 11.0. The fraction of sp³-hybridized carbons (Fsp3) is 0.0164. The lowest BCUT2D eigenvalue weighted by molar-refractivity contribution is 0.447. The Morgan fingerprint density at radius 2 is 0.877 bits per heavy atom. The summed E-state index contributed by atoms with van der Waals surface area (Å²) < 4.78 is 9.57. The van der Waals surface area contributed by atoms with Crippen LogP contribution < -0.4 is 4.74 Å². The van der Waals surface area contributed by atoms with E-state index in [9.17, 15) is 0 Å². The molecule has 0 unspecified atom stereocenters. The van der Waals surface area contributed by atoms with Crippen LogP contribution in [0.5, 0.6) is 11.5 Å². The zero-order valence-electron chi connectivity index (χ0n) is 35.1. The van der Waals surface area contributed by atoms with Gasteiger partial charge in [-0.15, -0.1) is 0 Å². The molecule has 0 fully saturated rings. The fourth-order valence-corrected chi connectivity index (χ4v) is 11.0. The van der Waals surface area contributed by atoms with Crippen LogP contribution in [0.4, 0.5) is 0 Å². The highest BCUT2D eigenvalue weighted by Crippen LogP contribution is 2.64. The van der Waals surface area contributed by atoms with Crippen molar-refractivity contribution < 1.29 is 4.74 Å². The summed E-state index contributed by atoms with van der Waals surface area (Å²) in [7, 11) is 0. The molecule has 1 spiro atoms. The van der Waals surface area contributed by atoms with Gasteiger partial charge in [0.2, 0.25) is 0 Å². The van der Waals surface area contributed by atoms with E-state index in [0.29, 0.717) is 5.82 Å². The topological polar surface area (TPSA) is 39.9 Å². The molecule has 0 atom stereocenters. The Morgan fingerprint density at radius 3 is 1.54 bits per heavy atom. The number of para-hydroxylation sites is 2. The van der Waals surface area contributed by atoms with E-state index in [-0.39, 0.29) is 0 Å². The van der Waals surface area contributed by atoms with E-state index < -0.39 is 5.41 Å². The Balaban J connectivity index is 0.987. The van der Waals surface area contributed by atoms with Crippen molar-refractivity contribution in [2.75, 3.05) is 0 Å². The SMILES string of the molecule is c1ccc(-c2nc(-c3ccc(-n4c5ccccc5c5ccccc54)cc3)cc(-c3ccc4c(c3)C3(c5ccccc5-4)c4ccc5ccccc5c4Oc4c3ccc3ccccc43)n2)cc1. The van der Waals surface area contributed by atoms with E-state index in [1.807, 2.05) is 6.07 Å². The van der Waals surface area contributed by atoms with Crippen LogP contribution in [-0.2, 0) is 5.41 Å². The first-order valence-electron chi connectivity index (χ1n) is 22.2. The zero-order chi connectivity index (χ0) is 42.6. The van der Waals surface area contributed by atoms with Crippen molar-refractivity contribution in [3.63, 3.8) is 0 Å². The Kier molecular flexibility index (Phi) is 7.57. The molecule has 1 aliphatic carbocycles. The standard InChI is InChI=1S/C61H37N3O/c1-2-16-41(17-3-1)60-62-54(40-26-31-43(32-27-40)64-56-24-12-9-21-48(56)49-22-10-13-25-57(49)64)37-55(63-60)42-28-33-47-46-20-8-11-23-50(46)61(53(47)36-42)51-34-29-38-14-4-6-18-44(38)58(51)65-59-45-19-7-5-15-39(45)30-35-52(59)61/h1-37H. The molecule has 3 heterocycles. The van der Waals surface area contributed by atoms with Gasteiger partial charge in [-0.05, 0) is 69.4 Å². The summed E-state index contributed by atoms with van der Waals surface area (Å²) in [4.78, 5) is 10.6. The Hall–Kier alpha value is -8.60. The summed E-state index contributed by atoms with van der Waals surface area (Å²) in [6, 6.07) is 80.7. The number of hydrogen-bond donors (Lipinski definition) is 0. The van der Waals surface area contributed by atoms with Gasteiger partial charge in [0.15, 0.2) is 5.82 Å². The quantitative estimate of drug-likeness (QED) is 0.177. The molecule has 12 aromatic rings. The number of fused-ring (bicyclic) bond motifs is 16. The molecule has 1 aliphatic heterocycles. The maximum absolute atomic E-state index is 7.22. The molecule has 14 rings (SSSR count). The number of aromatic nitrogens is 3. The lowest BCUT2D eigenvalue weighted by atomic mass is 9.65. The molecular formula is C61H37N3O. The second-order valence-electron chi connectivity index (χ2n) is 17.2. The summed E-state index contributed by atoms with van der Waals surface area (Å²) >= 11 is 0. The van der Waals surface area contributed by atoms with Crippen molar-refractivity contribution in [2.45, 2.75) is 5.41 Å². The van der Waals surface area contributed by atoms with Crippen molar-refractivity contribution in [1.29, 1.82) is 0 Å². The largest absolute Gasteiger partial charge is 0.455 e. The smallest absolute Gasteiger partial charge is 0.160 e. The Morgan fingerprint density at radius 1 is 0.354 bits per heavy atom. The highest BCUT2D eigenvalue weighted by molar-refractivity contribution is 6.09. The molecule has 0 N–H and O–H groups in total. The van der Waals surface area contributed by atoms with Gasteiger partial charge in [0, 0.05) is 55.0 Å². The summed E-state index contributed by atoms with van der Waals surface area (Å²) in [5, 5.41) is 6.98. The predicted octanol–water partition coefficient (Wildman–Crippen LogP) is 15.3. The molecule has 0 radical (unpaired) electrons. The normalized spacial score (nSPS) is 13.2. The zero-order valence-corrected chi connectivity index (χ0v) is 35.1. The van der Waals surface area contributed by atoms with Crippen molar-refractivity contribution in [3.8, 4) is 62.2 Å². The average Bonchev–Trinajstić information content (AvgIpc) is 3.87. The van der Waals surface area contributed by atoms with Crippen LogP contribution in [0.2, 0.25) is 0 Å². The molecule has 0 saturated carbocycles. The number of hydrogen-bond acceptors (Lipinski definition) is 3. The predicted molar refractivity (Wildman–Crippen MR) is 265 cm³/mol. The third-order valence-corrected chi connectivity index (χ3v) is 13.9. The lowest BCUT2D eigenvalue weighted by Crippen LogP contribution is -2.32. The highest BCUT2D eigenvalue weighted by atomic mass is 16.5. The van der Waals surface area contributed by atoms with Crippen LogP contribution in [0, 0.1) is 0 Å². The van der Waals surface area contributed by atoms with Crippen molar-refractivity contribution >= 4 is 43.4 Å². The minimum Gasteiger partial charge on any atom is -0.455 e. The maximum atomic E-state index is 7.22. The molecule has 302 valence electrons. The monoisotopic (exact) mass is 827 g/mol. The Labute approximate surface area is 375 Å². The van der Waals surface area contributed by atoms with E-state index in [0.717, 1.165) is 77.9 Å². The van der Waals surface area contributed by atoms with Crippen LogP contribution in [-0.4, -0.2) is 14.5 Å². The van der Waals surface area contributed by atoms with E-state index in [1.165, 1.54) is 44.1 Å². The average molecular weight is 828 g/mol. The maximum Gasteiger partial charge on any atom is 0.160 e. The van der Waals surface area contributed by atoms with Gasteiger partial charge in [0.25, 0.3) is 0 Å². The highest BCUT2D eigenvalue weighted by Gasteiger charge is 2.52. The van der Waals surface area contributed by atoms with E-state index in [1.54, 1.807) is 0 Å². The molecule has 2 aromatic heterocycles. The van der Waals surface area contributed by atoms with Crippen molar-refractivity contribution in [3.05, 3.63) is 247 Å². The summed E-state index contributed by atoms with van der Waals surface area (Å²) in [6.07, 6.45) is 0. The molecule has 0 saturated heterocycles. The first-order chi connectivity index (χ1) is 32.2. The van der Waals surface area contributed by atoms with Crippen LogP contribution in [0.25, 0.3) is 94.1 Å². The van der Waals surface area contributed by atoms with Gasteiger partial charge in [0.1, 0.15) is 11.5 Å². The molecule has 10 aromatic carbocycles. The van der Waals surface area contributed by atoms with E-state index in [2.05, 4.69) is 223 Å². The van der Waals surface area contributed by atoms with Crippen molar-refractivity contribution in [2.24, 2.45) is 0 Å². The number of benzene rings is 10. The minimum absolute atomic E-state index is 0.667. The molecule has 4 heteroatoms. The minimum atomic E-state index is -0.667. The molecule has 65 heavy (non-hydrogen) atoms. The van der Waals surface area contributed by atoms with Gasteiger partial charge in [-0.3, -0.25) is 0 Å². The van der Waals surface area contributed by atoms with Crippen LogP contribution >= 0.6 is 0 Å². The van der Waals surface area contributed by atoms with Gasteiger partial charge in [-0.25, -0.2) is 9.97 Å². The summed E-state index contributed by atoms with van der Waals surface area (Å²) in [5.74, 6) is 2.49. The van der Waals surface area contributed by atoms with Crippen molar-refractivity contribution in [1.82, 2.24) is 14.5 Å². The molecule has 4 nitrogen and oxygen atoms in total. The number of nitrogens with zero attached hydrogens (tertiary/aromatic N) is 3.